The van der Waals surface area contributed by atoms with Crippen molar-refractivity contribution in [3.8, 4) is 0 Å². The number of hydrogen-bond acceptors (Lipinski definition) is 6. The lowest BCUT2D eigenvalue weighted by atomic mass is 10.0. The molecule has 8 nitrogen and oxygen atoms in total. The third kappa shape index (κ3) is 8.23. The fraction of sp³-hybridized carbons (Fsp3) is 0.714. The molecule has 0 radical (unpaired) electrons. The van der Waals surface area contributed by atoms with Gasteiger partial charge in [0, 0.05) is 6.42 Å². The first-order valence-corrected chi connectivity index (χ1v) is 7.16. The number of carboxylic acid groups (broad SMARTS) is 1. The average molecular weight is 317 g/mol. The van der Waals surface area contributed by atoms with Crippen LogP contribution in [-0.2, 0) is 28.7 Å². The minimum atomic E-state index is -1.25. The molecule has 0 spiro atoms. The van der Waals surface area contributed by atoms with E-state index in [0.29, 0.717) is 0 Å². The van der Waals surface area contributed by atoms with Crippen molar-refractivity contribution in [2.45, 2.75) is 46.1 Å². The highest BCUT2D eigenvalue weighted by molar-refractivity contribution is 5.86. The van der Waals surface area contributed by atoms with Gasteiger partial charge in [0.25, 0.3) is 0 Å². The summed E-state index contributed by atoms with van der Waals surface area (Å²) in [5, 5.41) is 11.4. The van der Waals surface area contributed by atoms with Gasteiger partial charge in [-0.3, -0.25) is 14.4 Å². The summed E-state index contributed by atoms with van der Waals surface area (Å²) in [6.07, 6.45) is -0.380. The molecule has 8 heteroatoms. The number of nitrogens with one attached hydrogen (secondary N) is 1. The first kappa shape index (κ1) is 19.9. The lowest BCUT2D eigenvalue weighted by molar-refractivity contribution is -0.149. The van der Waals surface area contributed by atoms with Gasteiger partial charge in [0.15, 0.2) is 0 Å². The lowest BCUT2D eigenvalue weighted by Gasteiger charge is -2.18. The quantitative estimate of drug-likeness (QED) is 0.563. The molecule has 2 N–H and O–H groups in total. The van der Waals surface area contributed by atoms with E-state index >= 15 is 0 Å². The van der Waals surface area contributed by atoms with E-state index in [-0.39, 0.29) is 32.5 Å². The van der Waals surface area contributed by atoms with Crippen molar-refractivity contribution in [2.24, 2.45) is 5.92 Å². The highest BCUT2D eigenvalue weighted by Gasteiger charge is 2.26. The number of carbonyl (C=O) groups excluding carboxylic acids is 3. The second-order valence-corrected chi connectivity index (χ2v) is 4.65. The molecule has 0 bridgehead atoms. The van der Waals surface area contributed by atoms with Gasteiger partial charge < -0.3 is 19.9 Å². The fourth-order valence-corrected chi connectivity index (χ4v) is 1.67. The minimum absolute atomic E-state index is 0.0840. The van der Waals surface area contributed by atoms with Crippen LogP contribution in [0.1, 0.15) is 40.0 Å². The van der Waals surface area contributed by atoms with E-state index in [0.717, 1.165) is 0 Å². The van der Waals surface area contributed by atoms with Gasteiger partial charge in [-0.2, -0.15) is 0 Å². The smallest absolute Gasteiger partial charge is 0.326 e. The molecule has 0 fully saturated rings. The number of hydrogen-bond donors (Lipinski definition) is 2. The van der Waals surface area contributed by atoms with Crippen LogP contribution in [0, 0.1) is 5.92 Å². The molecule has 0 aromatic heterocycles. The van der Waals surface area contributed by atoms with E-state index in [1.165, 1.54) is 6.92 Å². The maximum absolute atomic E-state index is 11.6. The molecule has 0 aliphatic rings. The topological polar surface area (TPSA) is 119 Å². The summed E-state index contributed by atoms with van der Waals surface area (Å²) in [6.45, 7) is 5.24. The molecule has 126 valence electrons. The van der Waals surface area contributed by atoms with Gasteiger partial charge in [-0.25, -0.2) is 4.79 Å². The predicted octanol–water partition coefficient (Wildman–Crippen LogP) is 0.488. The minimum Gasteiger partial charge on any atom is -0.480 e. The Bertz CT molecular complexity index is 408. The van der Waals surface area contributed by atoms with Gasteiger partial charge in [-0.15, -0.1) is 0 Å². The third-order valence-electron chi connectivity index (χ3n) is 2.77. The number of esters is 2. The van der Waals surface area contributed by atoms with Gasteiger partial charge in [-0.05, 0) is 20.3 Å². The molecule has 0 heterocycles. The summed E-state index contributed by atoms with van der Waals surface area (Å²) >= 11 is 0. The van der Waals surface area contributed by atoms with Crippen molar-refractivity contribution >= 4 is 23.8 Å². The number of carboxylic acids is 1. The lowest BCUT2D eigenvalue weighted by Crippen LogP contribution is -2.42. The standard InChI is InChI=1S/C14H23NO7/c1-4-21-12(17)7-6-11(16)15-10(13(18)19)8-9(3)14(20)22-5-2/h9-10H,4-8H2,1-3H3,(H,15,16)(H,18,19)/t9-,10-/m0/s1. The highest BCUT2D eigenvalue weighted by Crippen LogP contribution is 2.09. The number of rotatable bonds is 10. The van der Waals surface area contributed by atoms with Crippen LogP contribution in [0.5, 0.6) is 0 Å². The summed E-state index contributed by atoms with van der Waals surface area (Å²) in [7, 11) is 0. The third-order valence-corrected chi connectivity index (χ3v) is 2.77. The van der Waals surface area contributed by atoms with Crippen LogP contribution in [0.25, 0.3) is 0 Å². The molecule has 1 amide bonds. The molecule has 0 rings (SSSR count). The van der Waals surface area contributed by atoms with Gasteiger partial charge >= 0.3 is 17.9 Å². The van der Waals surface area contributed by atoms with Crippen LogP contribution in [0.2, 0.25) is 0 Å². The maximum Gasteiger partial charge on any atom is 0.326 e. The number of carbonyl (C=O) groups is 4. The molecule has 0 aliphatic heterocycles. The second-order valence-electron chi connectivity index (χ2n) is 4.65. The van der Waals surface area contributed by atoms with Gasteiger partial charge in [0.1, 0.15) is 6.04 Å². The number of aliphatic carboxylic acids is 1. The van der Waals surface area contributed by atoms with Crippen molar-refractivity contribution in [1.82, 2.24) is 5.32 Å². The molecule has 0 aromatic carbocycles. The summed E-state index contributed by atoms with van der Waals surface area (Å²) < 4.78 is 9.46. The first-order chi connectivity index (χ1) is 10.3. The van der Waals surface area contributed by atoms with Gasteiger partial charge in [0.2, 0.25) is 5.91 Å². The fourth-order valence-electron chi connectivity index (χ4n) is 1.67. The summed E-state index contributed by atoms with van der Waals surface area (Å²) in [4.78, 5) is 45.4. The molecule has 0 aromatic rings. The van der Waals surface area contributed by atoms with E-state index in [1.807, 2.05) is 0 Å². The zero-order valence-corrected chi connectivity index (χ0v) is 13.1. The van der Waals surface area contributed by atoms with Crippen molar-refractivity contribution in [2.75, 3.05) is 13.2 Å². The molecule has 2 atom stereocenters. The Balaban J connectivity index is 4.40. The van der Waals surface area contributed by atoms with Crippen LogP contribution in [0.4, 0.5) is 0 Å². The molecule has 0 unspecified atom stereocenters. The molecule has 22 heavy (non-hydrogen) atoms. The van der Waals surface area contributed by atoms with Crippen molar-refractivity contribution in [3.05, 3.63) is 0 Å². The Morgan fingerprint density at radius 2 is 1.64 bits per heavy atom. The van der Waals surface area contributed by atoms with Crippen molar-refractivity contribution in [1.29, 1.82) is 0 Å². The van der Waals surface area contributed by atoms with Crippen LogP contribution < -0.4 is 5.32 Å². The molecular weight excluding hydrogens is 294 g/mol. The summed E-state index contributed by atoms with van der Waals surface area (Å²) in [5.74, 6) is -3.54. The van der Waals surface area contributed by atoms with E-state index in [2.05, 4.69) is 10.1 Å². The number of amides is 1. The first-order valence-electron chi connectivity index (χ1n) is 7.16. The van der Waals surface area contributed by atoms with Gasteiger partial charge in [0.05, 0.1) is 25.6 Å². The Kier molecular flexibility index (Phi) is 9.56. The van der Waals surface area contributed by atoms with E-state index < -0.39 is 35.8 Å². The Labute approximate surface area is 129 Å². The Morgan fingerprint density at radius 3 is 2.14 bits per heavy atom. The zero-order chi connectivity index (χ0) is 17.1. The van der Waals surface area contributed by atoms with Gasteiger partial charge in [-0.1, -0.05) is 6.92 Å². The normalized spacial score (nSPS) is 12.9. The van der Waals surface area contributed by atoms with Crippen molar-refractivity contribution in [3.63, 3.8) is 0 Å². The highest BCUT2D eigenvalue weighted by atomic mass is 16.5. The molecule has 0 saturated heterocycles. The van der Waals surface area contributed by atoms with Crippen LogP contribution in [0.15, 0.2) is 0 Å². The molecule has 0 saturated carbocycles. The van der Waals surface area contributed by atoms with Crippen LogP contribution in [-0.4, -0.2) is 48.2 Å². The monoisotopic (exact) mass is 317 g/mol. The molecular formula is C14H23NO7. The van der Waals surface area contributed by atoms with Crippen molar-refractivity contribution < 1.29 is 33.8 Å². The number of ether oxygens (including phenoxy) is 2. The average Bonchev–Trinajstić information content (AvgIpc) is 2.44. The molecule has 0 aliphatic carbocycles. The van der Waals surface area contributed by atoms with E-state index in [1.54, 1.807) is 13.8 Å². The van der Waals surface area contributed by atoms with E-state index in [4.69, 9.17) is 9.84 Å². The van der Waals surface area contributed by atoms with E-state index in [9.17, 15) is 19.2 Å². The summed E-state index contributed by atoms with van der Waals surface area (Å²) in [5.41, 5.74) is 0. The Hall–Kier alpha value is -2.12. The van der Waals surface area contributed by atoms with Crippen LogP contribution in [0.3, 0.4) is 0 Å². The SMILES string of the molecule is CCOC(=O)CCC(=O)N[C@@H](C[C@H](C)C(=O)OCC)C(=O)O. The maximum atomic E-state index is 11.6. The second kappa shape index (κ2) is 10.6. The largest absolute Gasteiger partial charge is 0.480 e. The zero-order valence-electron chi connectivity index (χ0n) is 13.1. The summed E-state index contributed by atoms with van der Waals surface area (Å²) in [6, 6.07) is -1.21. The Morgan fingerprint density at radius 1 is 1.05 bits per heavy atom. The predicted molar refractivity (Wildman–Crippen MR) is 75.8 cm³/mol. The van der Waals surface area contributed by atoms with Crippen LogP contribution >= 0.6 is 0 Å².